The van der Waals surface area contributed by atoms with Crippen molar-refractivity contribution in [1.82, 2.24) is 15.6 Å². The molecule has 1 aliphatic rings. The summed E-state index contributed by atoms with van der Waals surface area (Å²) in [5.41, 5.74) is 4.60. The molecule has 0 spiro atoms. The lowest BCUT2D eigenvalue weighted by molar-refractivity contribution is 0.357. The fourth-order valence-electron chi connectivity index (χ4n) is 3.62. The van der Waals surface area contributed by atoms with Crippen molar-refractivity contribution in [3.8, 4) is 5.75 Å². The predicted molar refractivity (Wildman–Crippen MR) is 111 cm³/mol. The number of benzene rings is 2. The van der Waals surface area contributed by atoms with Crippen molar-refractivity contribution in [3.05, 3.63) is 65.1 Å². The SMILES string of the molecule is CN=C(NCCc1ccc2c(c1)CCO2)NCCc1c[nH]c2cc(F)ccc12. The Morgan fingerprint density at radius 1 is 1.14 bits per heavy atom. The van der Waals surface area contributed by atoms with E-state index in [1.807, 2.05) is 12.3 Å². The normalized spacial score (nSPS) is 13.4. The van der Waals surface area contributed by atoms with Gasteiger partial charge >= 0.3 is 0 Å². The Morgan fingerprint density at radius 3 is 2.86 bits per heavy atom. The highest BCUT2D eigenvalue weighted by atomic mass is 19.1. The van der Waals surface area contributed by atoms with E-state index in [0.29, 0.717) is 0 Å². The smallest absolute Gasteiger partial charge is 0.190 e. The van der Waals surface area contributed by atoms with Crippen LogP contribution in [0.4, 0.5) is 4.39 Å². The van der Waals surface area contributed by atoms with E-state index < -0.39 is 0 Å². The minimum absolute atomic E-state index is 0.223. The van der Waals surface area contributed by atoms with Crippen molar-refractivity contribution in [2.75, 3.05) is 26.7 Å². The van der Waals surface area contributed by atoms with Crippen LogP contribution in [0.15, 0.2) is 47.6 Å². The van der Waals surface area contributed by atoms with Crippen molar-refractivity contribution in [2.45, 2.75) is 19.3 Å². The number of H-pyrrole nitrogens is 1. The first kappa shape index (κ1) is 18.3. The number of aromatic amines is 1. The molecule has 0 fully saturated rings. The van der Waals surface area contributed by atoms with Crippen LogP contribution in [-0.4, -0.2) is 37.7 Å². The summed E-state index contributed by atoms with van der Waals surface area (Å²) in [6, 6.07) is 11.3. The van der Waals surface area contributed by atoms with Crippen molar-refractivity contribution >= 4 is 16.9 Å². The number of nitrogens with zero attached hydrogens (tertiary/aromatic N) is 1. The van der Waals surface area contributed by atoms with Gasteiger partial charge < -0.3 is 20.4 Å². The first-order valence-corrected chi connectivity index (χ1v) is 9.67. The molecule has 28 heavy (non-hydrogen) atoms. The van der Waals surface area contributed by atoms with Gasteiger partial charge in [0.05, 0.1) is 6.61 Å². The molecule has 4 rings (SSSR count). The second-order valence-electron chi connectivity index (χ2n) is 6.97. The molecular weight excluding hydrogens is 355 g/mol. The van der Waals surface area contributed by atoms with Crippen molar-refractivity contribution < 1.29 is 9.13 Å². The van der Waals surface area contributed by atoms with Crippen molar-refractivity contribution in [1.29, 1.82) is 0 Å². The van der Waals surface area contributed by atoms with Crippen LogP contribution in [-0.2, 0) is 19.3 Å². The number of hydrogen-bond acceptors (Lipinski definition) is 2. The molecular formula is C22H25FN4O. The lowest BCUT2D eigenvalue weighted by Crippen LogP contribution is -2.39. The van der Waals surface area contributed by atoms with Crippen LogP contribution in [0.1, 0.15) is 16.7 Å². The second-order valence-corrected chi connectivity index (χ2v) is 6.97. The largest absolute Gasteiger partial charge is 0.493 e. The molecule has 6 heteroatoms. The van der Waals surface area contributed by atoms with Crippen LogP contribution in [0.3, 0.4) is 0 Å². The van der Waals surface area contributed by atoms with Gasteiger partial charge in [-0.25, -0.2) is 4.39 Å². The number of guanidine groups is 1. The summed E-state index contributed by atoms with van der Waals surface area (Å²) in [5.74, 6) is 1.59. The Labute approximate surface area is 164 Å². The minimum atomic E-state index is -0.223. The maximum Gasteiger partial charge on any atom is 0.190 e. The molecule has 3 N–H and O–H groups in total. The summed E-state index contributed by atoms with van der Waals surface area (Å²) in [6.07, 6.45) is 4.71. The van der Waals surface area contributed by atoms with E-state index in [0.717, 1.165) is 61.6 Å². The molecule has 146 valence electrons. The summed E-state index contributed by atoms with van der Waals surface area (Å²) in [6.45, 7) is 2.35. The van der Waals surface area contributed by atoms with Crippen LogP contribution < -0.4 is 15.4 Å². The summed E-state index contributed by atoms with van der Waals surface area (Å²) in [5, 5.41) is 7.77. The number of aromatic nitrogens is 1. The van der Waals surface area contributed by atoms with Gasteiger partial charge in [-0.1, -0.05) is 12.1 Å². The van der Waals surface area contributed by atoms with E-state index in [2.05, 4.69) is 38.8 Å². The molecule has 0 saturated heterocycles. The molecule has 3 aromatic rings. The Kier molecular flexibility index (Phi) is 5.46. The van der Waals surface area contributed by atoms with Crippen LogP contribution >= 0.6 is 0 Å². The van der Waals surface area contributed by atoms with E-state index in [9.17, 15) is 4.39 Å². The Hall–Kier alpha value is -3.02. The molecule has 5 nitrogen and oxygen atoms in total. The first-order valence-electron chi connectivity index (χ1n) is 9.67. The van der Waals surface area contributed by atoms with Crippen LogP contribution in [0.25, 0.3) is 10.9 Å². The topological polar surface area (TPSA) is 61.4 Å². The quantitative estimate of drug-likeness (QED) is 0.455. The van der Waals surface area contributed by atoms with E-state index in [1.54, 1.807) is 7.05 Å². The Morgan fingerprint density at radius 2 is 2.00 bits per heavy atom. The fraction of sp³-hybridized carbons (Fsp3) is 0.318. The summed E-state index contributed by atoms with van der Waals surface area (Å²) in [4.78, 5) is 7.42. The Bertz CT molecular complexity index is 995. The van der Waals surface area contributed by atoms with Gasteiger partial charge in [-0.05, 0) is 53.8 Å². The van der Waals surface area contributed by atoms with E-state index in [-0.39, 0.29) is 5.82 Å². The highest BCUT2D eigenvalue weighted by Gasteiger charge is 2.11. The van der Waals surface area contributed by atoms with Gasteiger partial charge in [0.2, 0.25) is 0 Å². The van der Waals surface area contributed by atoms with Crippen molar-refractivity contribution in [3.63, 3.8) is 0 Å². The summed E-state index contributed by atoms with van der Waals surface area (Å²) < 4.78 is 18.8. The zero-order valence-corrected chi connectivity index (χ0v) is 16.0. The molecule has 0 amide bonds. The van der Waals surface area contributed by atoms with Gasteiger partial charge in [0.15, 0.2) is 5.96 Å². The first-order chi connectivity index (χ1) is 13.7. The Balaban J connectivity index is 1.24. The highest BCUT2D eigenvalue weighted by molar-refractivity contribution is 5.83. The predicted octanol–water partition coefficient (Wildman–Crippen LogP) is 3.19. The maximum absolute atomic E-state index is 13.3. The number of hydrogen-bond donors (Lipinski definition) is 3. The number of rotatable bonds is 6. The average Bonchev–Trinajstić information content (AvgIpc) is 3.33. The molecule has 0 aliphatic carbocycles. The molecule has 2 heterocycles. The standard InChI is InChI=1S/C22H25FN4O/c1-24-22(25-9-6-15-2-5-21-16(12-15)8-11-28-21)26-10-7-17-14-27-20-13-18(23)3-4-19(17)20/h2-5,12-14,27H,6-11H2,1H3,(H2,24,25,26). The van der Waals surface area contributed by atoms with Gasteiger partial charge in [0, 0.05) is 43.7 Å². The molecule has 1 aliphatic heterocycles. The van der Waals surface area contributed by atoms with Crippen LogP contribution in [0.2, 0.25) is 0 Å². The minimum Gasteiger partial charge on any atom is -0.493 e. The number of fused-ring (bicyclic) bond motifs is 2. The van der Waals surface area contributed by atoms with Gasteiger partial charge in [-0.2, -0.15) is 0 Å². The number of ether oxygens (including phenoxy) is 1. The molecule has 0 bridgehead atoms. The molecule has 0 radical (unpaired) electrons. The lowest BCUT2D eigenvalue weighted by atomic mass is 10.1. The zero-order valence-electron chi connectivity index (χ0n) is 16.0. The van der Waals surface area contributed by atoms with Gasteiger partial charge in [-0.3, -0.25) is 4.99 Å². The molecule has 0 atom stereocenters. The third-order valence-electron chi connectivity index (χ3n) is 5.10. The lowest BCUT2D eigenvalue weighted by Gasteiger charge is -2.12. The van der Waals surface area contributed by atoms with Crippen LogP contribution in [0.5, 0.6) is 5.75 Å². The van der Waals surface area contributed by atoms with Gasteiger partial charge in [0.25, 0.3) is 0 Å². The zero-order chi connectivity index (χ0) is 19.3. The molecule has 0 unspecified atom stereocenters. The van der Waals surface area contributed by atoms with Gasteiger partial charge in [-0.15, -0.1) is 0 Å². The van der Waals surface area contributed by atoms with Crippen LogP contribution in [0, 0.1) is 5.82 Å². The number of aliphatic imine (C=N–C) groups is 1. The van der Waals surface area contributed by atoms with E-state index in [4.69, 9.17) is 4.74 Å². The second kappa shape index (κ2) is 8.33. The fourth-order valence-corrected chi connectivity index (χ4v) is 3.62. The highest BCUT2D eigenvalue weighted by Crippen LogP contribution is 2.25. The summed E-state index contributed by atoms with van der Waals surface area (Å²) in [7, 11) is 1.77. The molecule has 2 aromatic carbocycles. The van der Waals surface area contributed by atoms with Gasteiger partial charge in [0.1, 0.15) is 11.6 Å². The summed E-state index contributed by atoms with van der Waals surface area (Å²) >= 11 is 0. The third-order valence-corrected chi connectivity index (χ3v) is 5.10. The number of nitrogens with one attached hydrogen (secondary N) is 3. The van der Waals surface area contributed by atoms with Crippen molar-refractivity contribution in [2.24, 2.45) is 4.99 Å². The molecule has 1 aromatic heterocycles. The number of halogens is 1. The third kappa shape index (κ3) is 4.11. The maximum atomic E-state index is 13.3. The monoisotopic (exact) mass is 380 g/mol. The molecule has 0 saturated carbocycles. The van der Waals surface area contributed by atoms with E-state index in [1.165, 1.54) is 28.8 Å². The average molecular weight is 380 g/mol. The van der Waals surface area contributed by atoms with E-state index >= 15 is 0 Å².